The van der Waals surface area contributed by atoms with Crippen molar-refractivity contribution >= 4 is 23.6 Å². The first-order valence-electron chi connectivity index (χ1n) is 11.4. The lowest BCUT2D eigenvalue weighted by Gasteiger charge is -2.55. The Morgan fingerprint density at radius 3 is 1.68 bits per heavy atom. The van der Waals surface area contributed by atoms with Gasteiger partial charge in [-0.15, -0.1) is 11.8 Å². The molecular weight excluding hydrogens is 444 g/mol. The molecule has 2 saturated heterocycles. The molecule has 0 saturated carbocycles. The van der Waals surface area contributed by atoms with E-state index in [-0.39, 0.29) is 11.3 Å². The molecule has 3 atom stereocenters. The van der Waals surface area contributed by atoms with Crippen LogP contribution in [0.3, 0.4) is 0 Å². The Labute approximate surface area is 204 Å². The van der Waals surface area contributed by atoms with E-state index in [1.807, 2.05) is 68.4 Å². The van der Waals surface area contributed by atoms with E-state index >= 15 is 0 Å². The van der Waals surface area contributed by atoms with Crippen molar-refractivity contribution in [3.63, 3.8) is 0 Å². The SMILES string of the molecule is CC(=O)OC1(N)N2C(=O)C(C(c3ccccc3)(c3ccccc3)c3ccccc3)[C@H]2SC1(C)C. The molecule has 2 heterocycles. The van der Waals surface area contributed by atoms with Crippen LogP contribution in [0.4, 0.5) is 0 Å². The number of nitrogens with zero attached hydrogens (tertiary/aromatic N) is 1. The summed E-state index contributed by atoms with van der Waals surface area (Å²) in [5, 5.41) is -0.271. The van der Waals surface area contributed by atoms with E-state index in [9.17, 15) is 9.59 Å². The Kier molecular flexibility index (Phi) is 5.34. The van der Waals surface area contributed by atoms with E-state index in [1.165, 1.54) is 6.92 Å². The molecule has 5 nitrogen and oxygen atoms in total. The summed E-state index contributed by atoms with van der Waals surface area (Å²) in [6.45, 7) is 5.18. The van der Waals surface area contributed by atoms with E-state index in [0.717, 1.165) is 16.7 Å². The average Bonchev–Trinajstić information content (AvgIpc) is 3.00. The van der Waals surface area contributed by atoms with Crippen LogP contribution in [0.1, 0.15) is 37.5 Å². The zero-order valence-corrected chi connectivity index (χ0v) is 20.3. The summed E-state index contributed by atoms with van der Waals surface area (Å²) in [6.07, 6.45) is 0. The molecule has 174 valence electrons. The highest BCUT2D eigenvalue weighted by molar-refractivity contribution is 8.01. The Bertz CT molecular complexity index is 1120. The number of fused-ring (bicyclic) bond motifs is 1. The van der Waals surface area contributed by atoms with Gasteiger partial charge >= 0.3 is 5.97 Å². The third-order valence-corrected chi connectivity index (χ3v) is 8.74. The number of benzene rings is 3. The fourth-order valence-corrected chi connectivity index (χ4v) is 7.28. The van der Waals surface area contributed by atoms with E-state index < -0.39 is 27.9 Å². The topological polar surface area (TPSA) is 72.6 Å². The fraction of sp³-hybridized carbons (Fsp3) is 0.286. The predicted octanol–water partition coefficient (Wildman–Crippen LogP) is 4.51. The molecule has 6 heteroatoms. The highest BCUT2D eigenvalue weighted by Crippen LogP contribution is 2.63. The third-order valence-electron chi connectivity index (χ3n) is 7.13. The number of hydrogen-bond acceptors (Lipinski definition) is 5. The van der Waals surface area contributed by atoms with Crippen LogP contribution in [-0.4, -0.2) is 32.7 Å². The second-order valence-electron chi connectivity index (χ2n) is 9.40. The highest BCUT2D eigenvalue weighted by atomic mass is 32.2. The minimum absolute atomic E-state index is 0.122. The lowest BCUT2D eigenvalue weighted by atomic mass is 9.58. The molecule has 2 N–H and O–H groups in total. The normalized spacial score (nSPS) is 25.4. The molecular formula is C28H28N2O3S. The van der Waals surface area contributed by atoms with Gasteiger partial charge in [-0.3, -0.25) is 20.2 Å². The predicted molar refractivity (Wildman–Crippen MR) is 134 cm³/mol. The van der Waals surface area contributed by atoms with Gasteiger partial charge in [0, 0.05) is 6.92 Å². The number of β-lactam (4-membered cyclic amide) rings is 1. The maximum atomic E-state index is 14.1. The van der Waals surface area contributed by atoms with Crippen molar-refractivity contribution in [2.45, 2.75) is 42.2 Å². The summed E-state index contributed by atoms with van der Waals surface area (Å²) in [5.41, 5.74) is 9.03. The number of thioether (sulfide) groups is 1. The van der Waals surface area contributed by atoms with Gasteiger partial charge in [0.25, 0.3) is 5.85 Å². The Balaban J connectivity index is 1.76. The van der Waals surface area contributed by atoms with Crippen molar-refractivity contribution in [2.75, 3.05) is 0 Å². The van der Waals surface area contributed by atoms with Crippen molar-refractivity contribution in [1.82, 2.24) is 4.90 Å². The quantitative estimate of drug-likeness (QED) is 0.256. The number of amides is 1. The zero-order chi connectivity index (χ0) is 24.1. The maximum absolute atomic E-state index is 14.1. The molecule has 0 bridgehead atoms. The van der Waals surface area contributed by atoms with Gasteiger partial charge in [-0.05, 0) is 30.5 Å². The van der Waals surface area contributed by atoms with Crippen LogP contribution in [0.2, 0.25) is 0 Å². The van der Waals surface area contributed by atoms with Gasteiger partial charge in [-0.2, -0.15) is 0 Å². The van der Waals surface area contributed by atoms with E-state index in [0.29, 0.717) is 0 Å². The standard InChI is InChI=1S/C28H28N2O3S/c1-19(31)33-28(29)26(2,3)34-25-23(24(32)30(25)28)27(20-13-7-4-8-14-20,21-15-9-5-10-16-21)22-17-11-6-12-18-22/h4-18,23,25H,29H2,1-3H3/t23?,25-,28?/m1/s1. The summed E-state index contributed by atoms with van der Waals surface area (Å²) in [5.74, 6) is -2.58. The molecule has 0 aromatic heterocycles. The van der Waals surface area contributed by atoms with Crippen molar-refractivity contribution in [1.29, 1.82) is 0 Å². The lowest BCUT2D eigenvalue weighted by molar-refractivity contribution is -0.210. The summed E-state index contributed by atoms with van der Waals surface area (Å²) in [7, 11) is 0. The van der Waals surface area contributed by atoms with Gasteiger partial charge in [0.2, 0.25) is 5.91 Å². The van der Waals surface area contributed by atoms with Gasteiger partial charge in [0.05, 0.1) is 21.5 Å². The summed E-state index contributed by atoms with van der Waals surface area (Å²) in [6, 6.07) is 30.5. The molecule has 3 aromatic rings. The van der Waals surface area contributed by atoms with Gasteiger partial charge in [0.1, 0.15) is 0 Å². The highest BCUT2D eigenvalue weighted by Gasteiger charge is 2.74. The molecule has 5 rings (SSSR count). The monoisotopic (exact) mass is 472 g/mol. The summed E-state index contributed by atoms with van der Waals surface area (Å²) >= 11 is 1.59. The maximum Gasteiger partial charge on any atom is 0.305 e. The number of carbonyl (C=O) groups is 2. The van der Waals surface area contributed by atoms with Crippen molar-refractivity contribution < 1.29 is 14.3 Å². The first-order valence-corrected chi connectivity index (χ1v) is 12.3. The van der Waals surface area contributed by atoms with Crippen LogP contribution >= 0.6 is 11.8 Å². The fourth-order valence-electron chi connectivity index (χ4n) is 5.55. The number of ether oxygens (including phenoxy) is 1. The molecule has 2 unspecified atom stereocenters. The van der Waals surface area contributed by atoms with Gasteiger partial charge < -0.3 is 4.74 Å². The van der Waals surface area contributed by atoms with Gasteiger partial charge in [0.15, 0.2) is 0 Å². The van der Waals surface area contributed by atoms with Gasteiger partial charge in [-0.1, -0.05) is 91.0 Å². The van der Waals surface area contributed by atoms with Crippen molar-refractivity contribution in [2.24, 2.45) is 11.7 Å². The molecule has 0 aliphatic carbocycles. The van der Waals surface area contributed by atoms with Crippen LogP contribution in [0, 0.1) is 5.92 Å². The van der Waals surface area contributed by atoms with Crippen molar-refractivity contribution in [3.8, 4) is 0 Å². The first-order chi connectivity index (χ1) is 16.2. The molecule has 1 amide bonds. The van der Waals surface area contributed by atoms with Crippen LogP contribution in [0.25, 0.3) is 0 Å². The molecule has 0 radical (unpaired) electrons. The third kappa shape index (κ3) is 3.05. The number of esters is 1. The van der Waals surface area contributed by atoms with E-state index in [1.54, 1.807) is 16.7 Å². The smallest absolute Gasteiger partial charge is 0.305 e. The van der Waals surface area contributed by atoms with E-state index in [4.69, 9.17) is 10.5 Å². The van der Waals surface area contributed by atoms with Crippen LogP contribution < -0.4 is 5.73 Å². The Hall–Kier alpha value is -3.09. The number of rotatable bonds is 5. The second-order valence-corrected chi connectivity index (χ2v) is 11.1. The minimum Gasteiger partial charge on any atom is -0.424 e. The molecule has 34 heavy (non-hydrogen) atoms. The molecule has 2 fully saturated rings. The first kappa shape index (κ1) is 22.7. The lowest BCUT2D eigenvalue weighted by Crippen LogP contribution is -2.75. The largest absolute Gasteiger partial charge is 0.424 e. The number of nitrogens with two attached hydrogens (primary N) is 1. The summed E-state index contributed by atoms with van der Waals surface area (Å²) < 4.78 is 4.93. The zero-order valence-electron chi connectivity index (χ0n) is 19.5. The molecule has 2 aliphatic rings. The van der Waals surface area contributed by atoms with Crippen LogP contribution in [0.5, 0.6) is 0 Å². The van der Waals surface area contributed by atoms with Crippen LogP contribution in [-0.2, 0) is 19.7 Å². The second kappa shape index (κ2) is 8.00. The van der Waals surface area contributed by atoms with Crippen LogP contribution in [0.15, 0.2) is 91.0 Å². The Morgan fingerprint density at radius 1 is 0.882 bits per heavy atom. The molecule has 2 aliphatic heterocycles. The van der Waals surface area contributed by atoms with E-state index in [2.05, 4.69) is 36.4 Å². The molecule has 0 spiro atoms. The van der Waals surface area contributed by atoms with Gasteiger partial charge in [-0.25, -0.2) is 0 Å². The molecule has 3 aromatic carbocycles. The number of hydrogen-bond donors (Lipinski definition) is 1. The minimum atomic E-state index is -1.52. The average molecular weight is 473 g/mol. The van der Waals surface area contributed by atoms with Crippen molar-refractivity contribution in [3.05, 3.63) is 108 Å². The number of carbonyl (C=O) groups excluding carboxylic acids is 2. The Morgan fingerprint density at radius 2 is 1.29 bits per heavy atom. The summed E-state index contributed by atoms with van der Waals surface area (Å²) in [4.78, 5) is 27.7.